The molecule has 1 aliphatic heterocycles. The molecule has 0 unspecified atom stereocenters. The third kappa shape index (κ3) is 2.08. The Balaban J connectivity index is 2.21. The van der Waals surface area contributed by atoms with Crippen molar-refractivity contribution in [2.75, 3.05) is 12.1 Å². The Morgan fingerprint density at radius 3 is 2.44 bits per heavy atom. The molecule has 1 aromatic rings. The van der Waals surface area contributed by atoms with Crippen LogP contribution in [0.3, 0.4) is 0 Å². The molecule has 0 spiro atoms. The first kappa shape index (κ1) is 11.1. The number of benzene rings is 1. The van der Waals surface area contributed by atoms with Crippen molar-refractivity contribution >= 4 is 5.69 Å². The molecule has 1 aromatic carbocycles. The normalized spacial score (nSPS) is 13.2. The Hall–Kier alpha value is -1.38. The van der Waals surface area contributed by atoms with Crippen molar-refractivity contribution in [3.05, 3.63) is 17.7 Å². The van der Waals surface area contributed by atoms with E-state index in [1.165, 1.54) is 5.56 Å². The molecule has 0 radical (unpaired) electrons. The van der Waals surface area contributed by atoms with E-state index in [1.807, 2.05) is 12.1 Å². The van der Waals surface area contributed by atoms with E-state index in [-0.39, 0.29) is 0 Å². The van der Waals surface area contributed by atoms with Gasteiger partial charge in [-0.05, 0) is 31.4 Å². The number of nitrogens with one attached hydrogen (secondary N) is 1. The number of hydrogen-bond acceptors (Lipinski definition) is 3. The second-order valence-corrected chi connectivity index (χ2v) is 4.18. The van der Waals surface area contributed by atoms with Crippen LogP contribution >= 0.6 is 0 Å². The molecule has 0 bridgehead atoms. The Bertz CT molecular complexity index is 372. The molecule has 0 fully saturated rings. The summed E-state index contributed by atoms with van der Waals surface area (Å²) >= 11 is 0. The van der Waals surface area contributed by atoms with Gasteiger partial charge in [-0.25, -0.2) is 0 Å². The summed E-state index contributed by atoms with van der Waals surface area (Å²) < 4.78 is 10.7. The van der Waals surface area contributed by atoms with E-state index in [4.69, 9.17) is 9.47 Å². The van der Waals surface area contributed by atoms with Crippen LogP contribution in [-0.4, -0.2) is 12.8 Å². The van der Waals surface area contributed by atoms with Gasteiger partial charge in [0.05, 0.1) is 0 Å². The van der Waals surface area contributed by atoms with Crippen LogP contribution in [0.5, 0.6) is 11.5 Å². The number of aryl methyl sites for hydroxylation is 1. The van der Waals surface area contributed by atoms with Crippen LogP contribution in [0.15, 0.2) is 12.1 Å². The van der Waals surface area contributed by atoms with E-state index in [1.54, 1.807) is 0 Å². The molecule has 0 atom stereocenters. The Labute approximate surface area is 96.8 Å². The van der Waals surface area contributed by atoms with Crippen molar-refractivity contribution in [2.45, 2.75) is 39.7 Å². The van der Waals surface area contributed by atoms with Gasteiger partial charge >= 0.3 is 0 Å². The fraction of sp³-hybridized carbons (Fsp3) is 0.538. The van der Waals surface area contributed by atoms with Gasteiger partial charge in [0.1, 0.15) is 0 Å². The zero-order chi connectivity index (χ0) is 11.5. The summed E-state index contributed by atoms with van der Waals surface area (Å²) in [7, 11) is 0. The van der Waals surface area contributed by atoms with Crippen LogP contribution in [0.4, 0.5) is 5.69 Å². The first-order valence-electron chi connectivity index (χ1n) is 5.91. The molecule has 2 rings (SSSR count). The molecular weight excluding hydrogens is 202 g/mol. The molecule has 1 N–H and O–H groups in total. The highest BCUT2D eigenvalue weighted by atomic mass is 16.7. The predicted octanol–water partition coefficient (Wildman–Crippen LogP) is 3.32. The van der Waals surface area contributed by atoms with Gasteiger partial charge in [-0.15, -0.1) is 0 Å². The topological polar surface area (TPSA) is 30.5 Å². The zero-order valence-corrected chi connectivity index (χ0v) is 10.2. The minimum Gasteiger partial charge on any atom is -0.454 e. The van der Waals surface area contributed by atoms with Gasteiger partial charge in [0.2, 0.25) is 6.79 Å². The number of ether oxygens (including phenoxy) is 2. The van der Waals surface area contributed by atoms with E-state index >= 15 is 0 Å². The van der Waals surface area contributed by atoms with Crippen molar-refractivity contribution in [1.82, 2.24) is 0 Å². The monoisotopic (exact) mass is 221 g/mol. The Morgan fingerprint density at radius 1 is 1.19 bits per heavy atom. The third-order valence-electron chi connectivity index (χ3n) is 3.06. The van der Waals surface area contributed by atoms with Gasteiger partial charge < -0.3 is 14.8 Å². The Morgan fingerprint density at radius 2 is 1.81 bits per heavy atom. The zero-order valence-electron chi connectivity index (χ0n) is 10.2. The Kier molecular flexibility index (Phi) is 3.22. The maximum atomic E-state index is 5.38. The number of hydrogen-bond donors (Lipinski definition) is 1. The summed E-state index contributed by atoms with van der Waals surface area (Å²) in [6.45, 7) is 6.82. The summed E-state index contributed by atoms with van der Waals surface area (Å²) in [5.74, 6) is 1.70. The first-order valence-corrected chi connectivity index (χ1v) is 5.91. The predicted molar refractivity (Wildman–Crippen MR) is 65.3 cm³/mol. The summed E-state index contributed by atoms with van der Waals surface area (Å²) in [4.78, 5) is 0. The molecular formula is C13H19NO2. The van der Waals surface area contributed by atoms with Crippen LogP contribution in [0, 0.1) is 6.92 Å². The quantitative estimate of drug-likeness (QED) is 0.846. The van der Waals surface area contributed by atoms with E-state index < -0.39 is 0 Å². The van der Waals surface area contributed by atoms with Crippen LogP contribution in [-0.2, 0) is 0 Å². The highest BCUT2D eigenvalue weighted by Gasteiger charge is 2.16. The first-order chi connectivity index (χ1) is 7.74. The summed E-state index contributed by atoms with van der Waals surface area (Å²) in [6, 6.07) is 4.60. The number of rotatable bonds is 4. The van der Waals surface area contributed by atoms with Crippen molar-refractivity contribution in [2.24, 2.45) is 0 Å². The average Bonchev–Trinajstić information content (AvgIpc) is 2.72. The fourth-order valence-corrected chi connectivity index (χ4v) is 1.91. The van der Waals surface area contributed by atoms with Crippen molar-refractivity contribution in [3.63, 3.8) is 0 Å². The lowest BCUT2D eigenvalue weighted by Crippen LogP contribution is -2.17. The second-order valence-electron chi connectivity index (χ2n) is 4.18. The molecule has 88 valence electrons. The number of anilines is 1. The van der Waals surface area contributed by atoms with E-state index in [2.05, 4.69) is 26.1 Å². The molecule has 0 aliphatic carbocycles. The maximum absolute atomic E-state index is 5.38. The third-order valence-corrected chi connectivity index (χ3v) is 3.06. The minimum absolute atomic E-state index is 0.337. The smallest absolute Gasteiger partial charge is 0.231 e. The SMILES string of the molecule is CCC(CC)Nc1cc2c(cc1C)OCO2. The van der Waals surface area contributed by atoms with Crippen molar-refractivity contribution in [1.29, 1.82) is 0 Å². The lowest BCUT2D eigenvalue weighted by molar-refractivity contribution is 0.174. The van der Waals surface area contributed by atoms with Crippen molar-refractivity contribution in [3.8, 4) is 11.5 Å². The molecule has 16 heavy (non-hydrogen) atoms. The highest BCUT2D eigenvalue weighted by molar-refractivity contribution is 5.61. The summed E-state index contributed by atoms with van der Waals surface area (Å²) in [6.07, 6.45) is 2.26. The van der Waals surface area contributed by atoms with Crippen LogP contribution in [0.2, 0.25) is 0 Å². The van der Waals surface area contributed by atoms with Crippen LogP contribution in [0.25, 0.3) is 0 Å². The lowest BCUT2D eigenvalue weighted by Gasteiger charge is -2.18. The van der Waals surface area contributed by atoms with Crippen LogP contribution in [0.1, 0.15) is 32.3 Å². The van der Waals surface area contributed by atoms with Gasteiger partial charge in [-0.2, -0.15) is 0 Å². The highest BCUT2D eigenvalue weighted by Crippen LogP contribution is 2.37. The molecule has 1 aliphatic rings. The molecule has 0 aromatic heterocycles. The standard InChI is InChI=1S/C13H19NO2/c1-4-10(5-2)14-11-7-13-12(6-9(11)3)15-8-16-13/h6-7,10,14H,4-5,8H2,1-3H3. The van der Waals surface area contributed by atoms with Crippen LogP contribution < -0.4 is 14.8 Å². The molecule has 3 heteroatoms. The van der Waals surface area contributed by atoms with Crippen molar-refractivity contribution < 1.29 is 9.47 Å². The second kappa shape index (κ2) is 4.64. The largest absolute Gasteiger partial charge is 0.454 e. The van der Waals surface area contributed by atoms with E-state index in [0.717, 1.165) is 30.0 Å². The van der Waals surface area contributed by atoms with Gasteiger partial charge in [0.25, 0.3) is 0 Å². The van der Waals surface area contributed by atoms with Gasteiger partial charge in [-0.3, -0.25) is 0 Å². The maximum Gasteiger partial charge on any atom is 0.231 e. The van der Waals surface area contributed by atoms with Gasteiger partial charge in [0.15, 0.2) is 11.5 Å². The summed E-state index contributed by atoms with van der Waals surface area (Å²) in [5.41, 5.74) is 2.36. The van der Waals surface area contributed by atoms with Gasteiger partial charge in [-0.1, -0.05) is 13.8 Å². The number of fused-ring (bicyclic) bond motifs is 1. The molecule has 0 saturated heterocycles. The summed E-state index contributed by atoms with van der Waals surface area (Å²) in [5, 5.41) is 3.54. The molecule has 0 amide bonds. The fourth-order valence-electron chi connectivity index (χ4n) is 1.91. The van der Waals surface area contributed by atoms with E-state index in [0.29, 0.717) is 12.8 Å². The van der Waals surface area contributed by atoms with Gasteiger partial charge in [0, 0.05) is 17.8 Å². The lowest BCUT2D eigenvalue weighted by atomic mass is 10.1. The average molecular weight is 221 g/mol. The van der Waals surface area contributed by atoms with E-state index in [9.17, 15) is 0 Å². The molecule has 3 nitrogen and oxygen atoms in total. The molecule has 1 heterocycles. The molecule has 0 saturated carbocycles. The minimum atomic E-state index is 0.337.